The molecule has 1 unspecified atom stereocenters. The Labute approximate surface area is 107 Å². The van der Waals surface area contributed by atoms with Crippen LogP contribution in [0.15, 0.2) is 24.3 Å². The van der Waals surface area contributed by atoms with Crippen LogP contribution in [0.4, 0.5) is 5.69 Å². The molecule has 0 spiro atoms. The third-order valence-corrected chi connectivity index (χ3v) is 2.62. The number of carbonyl (C=O) groups excluding carboxylic acids is 2. The number of primary amides is 1. The van der Waals surface area contributed by atoms with Crippen LogP contribution in [0.25, 0.3) is 0 Å². The summed E-state index contributed by atoms with van der Waals surface area (Å²) < 4.78 is 0. The molecule has 4 N–H and O–H groups in total. The van der Waals surface area contributed by atoms with Crippen LogP contribution in [-0.4, -0.2) is 24.4 Å². The molecule has 0 aliphatic heterocycles. The minimum Gasteiger partial charge on any atom is -0.376 e. The Kier molecular flexibility index (Phi) is 5.17. The van der Waals surface area contributed by atoms with Gasteiger partial charge < -0.3 is 16.4 Å². The molecule has 5 nitrogen and oxygen atoms in total. The summed E-state index contributed by atoms with van der Waals surface area (Å²) in [6, 6.07) is 6.92. The van der Waals surface area contributed by atoms with Gasteiger partial charge in [0.2, 0.25) is 11.8 Å². The Morgan fingerprint density at radius 1 is 1.39 bits per heavy atom. The molecule has 1 rings (SSSR count). The molecular formula is C13H19N3O2. The summed E-state index contributed by atoms with van der Waals surface area (Å²) in [5, 5.41) is 5.79. The van der Waals surface area contributed by atoms with Crippen LogP contribution >= 0.6 is 0 Å². The third kappa shape index (κ3) is 4.45. The first-order valence-corrected chi connectivity index (χ1v) is 5.96. The molecule has 1 atom stereocenters. The van der Waals surface area contributed by atoms with Crippen molar-refractivity contribution >= 4 is 17.5 Å². The standard InChI is InChI=1S/C13H19N3O2/c1-3-9(2)16-12(17)8-15-11-6-4-5-10(7-11)13(14)18/h4-7,9,15H,3,8H2,1-2H3,(H2,14,18)(H,16,17). The second-order valence-electron chi connectivity index (χ2n) is 4.18. The van der Waals surface area contributed by atoms with E-state index in [1.165, 1.54) is 0 Å². The summed E-state index contributed by atoms with van der Waals surface area (Å²) in [6.45, 7) is 4.13. The van der Waals surface area contributed by atoms with Gasteiger partial charge in [-0.15, -0.1) is 0 Å². The first kappa shape index (κ1) is 14.0. The molecule has 0 aliphatic rings. The number of amides is 2. The summed E-state index contributed by atoms with van der Waals surface area (Å²) in [5.41, 5.74) is 6.29. The monoisotopic (exact) mass is 249 g/mol. The normalized spacial score (nSPS) is 11.7. The Morgan fingerprint density at radius 2 is 2.11 bits per heavy atom. The Hall–Kier alpha value is -2.04. The molecule has 0 saturated heterocycles. The molecule has 0 saturated carbocycles. The maximum absolute atomic E-state index is 11.5. The van der Waals surface area contributed by atoms with Crippen molar-refractivity contribution in [1.82, 2.24) is 5.32 Å². The van der Waals surface area contributed by atoms with Gasteiger partial charge in [-0.05, 0) is 31.5 Å². The lowest BCUT2D eigenvalue weighted by Crippen LogP contribution is -2.36. The fraction of sp³-hybridized carbons (Fsp3) is 0.385. The van der Waals surface area contributed by atoms with Gasteiger partial charge in [-0.2, -0.15) is 0 Å². The number of nitrogens with one attached hydrogen (secondary N) is 2. The largest absolute Gasteiger partial charge is 0.376 e. The van der Waals surface area contributed by atoms with Crippen LogP contribution < -0.4 is 16.4 Å². The van der Waals surface area contributed by atoms with Gasteiger partial charge in [0.05, 0.1) is 6.54 Å². The molecule has 5 heteroatoms. The van der Waals surface area contributed by atoms with Crippen LogP contribution in [0.1, 0.15) is 30.6 Å². The highest BCUT2D eigenvalue weighted by Gasteiger charge is 2.06. The molecule has 0 radical (unpaired) electrons. The van der Waals surface area contributed by atoms with Gasteiger partial charge in [0.25, 0.3) is 0 Å². The molecule has 0 fully saturated rings. The zero-order valence-corrected chi connectivity index (χ0v) is 10.7. The highest BCUT2D eigenvalue weighted by molar-refractivity contribution is 5.93. The zero-order valence-electron chi connectivity index (χ0n) is 10.7. The van der Waals surface area contributed by atoms with E-state index in [-0.39, 0.29) is 18.5 Å². The first-order valence-electron chi connectivity index (χ1n) is 5.96. The van der Waals surface area contributed by atoms with E-state index in [2.05, 4.69) is 10.6 Å². The van der Waals surface area contributed by atoms with E-state index < -0.39 is 5.91 Å². The lowest BCUT2D eigenvalue weighted by atomic mass is 10.2. The first-order chi connectivity index (χ1) is 8.52. The second kappa shape index (κ2) is 6.64. The Morgan fingerprint density at radius 3 is 2.72 bits per heavy atom. The van der Waals surface area contributed by atoms with Crippen molar-refractivity contribution in [2.45, 2.75) is 26.3 Å². The number of hydrogen-bond donors (Lipinski definition) is 3. The molecule has 0 aliphatic carbocycles. The van der Waals surface area contributed by atoms with E-state index in [0.29, 0.717) is 11.3 Å². The van der Waals surface area contributed by atoms with Crippen LogP contribution in [-0.2, 0) is 4.79 Å². The van der Waals surface area contributed by atoms with E-state index in [0.717, 1.165) is 6.42 Å². The van der Waals surface area contributed by atoms with Gasteiger partial charge in [-0.25, -0.2) is 0 Å². The number of hydrogen-bond acceptors (Lipinski definition) is 3. The van der Waals surface area contributed by atoms with Crippen LogP contribution in [0.5, 0.6) is 0 Å². The predicted octanol–water partition coefficient (Wildman–Crippen LogP) is 1.11. The van der Waals surface area contributed by atoms with Crippen molar-refractivity contribution < 1.29 is 9.59 Å². The Balaban J connectivity index is 2.50. The highest BCUT2D eigenvalue weighted by Crippen LogP contribution is 2.09. The fourth-order valence-electron chi connectivity index (χ4n) is 1.39. The quantitative estimate of drug-likeness (QED) is 0.706. The third-order valence-electron chi connectivity index (χ3n) is 2.62. The van der Waals surface area contributed by atoms with Crippen molar-refractivity contribution in [1.29, 1.82) is 0 Å². The van der Waals surface area contributed by atoms with Gasteiger partial charge in [0, 0.05) is 17.3 Å². The molecule has 2 amide bonds. The summed E-state index contributed by atoms with van der Waals surface area (Å²) in [4.78, 5) is 22.5. The van der Waals surface area contributed by atoms with Gasteiger partial charge in [-0.3, -0.25) is 9.59 Å². The van der Waals surface area contributed by atoms with Crippen molar-refractivity contribution in [3.05, 3.63) is 29.8 Å². The fourth-order valence-corrected chi connectivity index (χ4v) is 1.39. The van der Waals surface area contributed by atoms with E-state index >= 15 is 0 Å². The molecule has 98 valence electrons. The van der Waals surface area contributed by atoms with E-state index in [1.807, 2.05) is 13.8 Å². The average Bonchev–Trinajstić information content (AvgIpc) is 2.36. The molecule has 0 bridgehead atoms. The van der Waals surface area contributed by atoms with Crippen LogP contribution in [0.2, 0.25) is 0 Å². The van der Waals surface area contributed by atoms with Gasteiger partial charge in [0.15, 0.2) is 0 Å². The topological polar surface area (TPSA) is 84.2 Å². The minimum atomic E-state index is -0.484. The summed E-state index contributed by atoms with van der Waals surface area (Å²) in [5.74, 6) is -0.559. The van der Waals surface area contributed by atoms with Crippen LogP contribution in [0, 0.1) is 0 Å². The smallest absolute Gasteiger partial charge is 0.248 e. The van der Waals surface area contributed by atoms with E-state index in [1.54, 1.807) is 24.3 Å². The summed E-state index contributed by atoms with van der Waals surface area (Å²) in [7, 11) is 0. The number of benzene rings is 1. The van der Waals surface area contributed by atoms with Crippen molar-refractivity contribution in [3.8, 4) is 0 Å². The number of anilines is 1. The zero-order chi connectivity index (χ0) is 13.5. The lowest BCUT2D eigenvalue weighted by molar-refractivity contribution is -0.120. The minimum absolute atomic E-state index is 0.0752. The van der Waals surface area contributed by atoms with Gasteiger partial charge >= 0.3 is 0 Å². The maximum Gasteiger partial charge on any atom is 0.248 e. The molecule has 0 heterocycles. The van der Waals surface area contributed by atoms with Crippen molar-refractivity contribution in [2.24, 2.45) is 5.73 Å². The molecule has 1 aromatic carbocycles. The maximum atomic E-state index is 11.5. The van der Waals surface area contributed by atoms with Gasteiger partial charge in [0.1, 0.15) is 0 Å². The lowest BCUT2D eigenvalue weighted by Gasteiger charge is -2.12. The molecular weight excluding hydrogens is 230 g/mol. The van der Waals surface area contributed by atoms with E-state index in [9.17, 15) is 9.59 Å². The Bertz CT molecular complexity index is 432. The molecule has 0 aromatic heterocycles. The van der Waals surface area contributed by atoms with E-state index in [4.69, 9.17) is 5.73 Å². The molecule has 18 heavy (non-hydrogen) atoms. The van der Waals surface area contributed by atoms with Gasteiger partial charge in [-0.1, -0.05) is 13.0 Å². The molecule has 1 aromatic rings. The number of carbonyl (C=O) groups is 2. The average molecular weight is 249 g/mol. The predicted molar refractivity (Wildman–Crippen MR) is 71.3 cm³/mol. The number of nitrogens with two attached hydrogens (primary N) is 1. The second-order valence-corrected chi connectivity index (χ2v) is 4.18. The SMILES string of the molecule is CCC(C)NC(=O)CNc1cccc(C(N)=O)c1. The summed E-state index contributed by atoms with van der Waals surface area (Å²) >= 11 is 0. The van der Waals surface area contributed by atoms with Crippen molar-refractivity contribution in [3.63, 3.8) is 0 Å². The van der Waals surface area contributed by atoms with Crippen LogP contribution in [0.3, 0.4) is 0 Å². The number of rotatable bonds is 6. The van der Waals surface area contributed by atoms with Crippen molar-refractivity contribution in [2.75, 3.05) is 11.9 Å². The highest BCUT2D eigenvalue weighted by atomic mass is 16.2. The summed E-state index contributed by atoms with van der Waals surface area (Å²) in [6.07, 6.45) is 0.892.